The van der Waals surface area contributed by atoms with Crippen LogP contribution in [0.2, 0.25) is 0 Å². The first-order valence-corrected chi connectivity index (χ1v) is 9.10. The molecule has 1 saturated heterocycles. The maximum absolute atomic E-state index is 12.5. The van der Waals surface area contributed by atoms with Gasteiger partial charge in [-0.15, -0.1) is 0 Å². The topological polar surface area (TPSA) is 54.5 Å². The number of carbonyl (C=O) groups is 3. The highest BCUT2D eigenvalue weighted by molar-refractivity contribution is 5.98. The monoisotopic (exact) mass is 349 g/mol. The van der Waals surface area contributed by atoms with E-state index in [1.54, 1.807) is 17.0 Å². The zero-order chi connectivity index (χ0) is 18.4. The first-order chi connectivity index (χ1) is 12.6. The Balaban J connectivity index is 1.46. The van der Waals surface area contributed by atoms with Gasteiger partial charge in [0, 0.05) is 43.0 Å². The summed E-state index contributed by atoms with van der Waals surface area (Å²) < 4.78 is 0. The molecule has 26 heavy (non-hydrogen) atoms. The van der Waals surface area contributed by atoms with Crippen LogP contribution in [-0.4, -0.2) is 35.5 Å². The maximum atomic E-state index is 12.5. The van der Waals surface area contributed by atoms with Gasteiger partial charge in [-0.1, -0.05) is 60.7 Å². The number of hydrogen-bond donors (Lipinski definition) is 0. The number of ketones is 2. The summed E-state index contributed by atoms with van der Waals surface area (Å²) in [7, 11) is 0. The number of hydrogen-bond acceptors (Lipinski definition) is 3. The Morgan fingerprint density at radius 2 is 1.31 bits per heavy atom. The Hall–Kier alpha value is -2.75. The van der Waals surface area contributed by atoms with Crippen molar-refractivity contribution in [3.05, 3.63) is 71.8 Å². The van der Waals surface area contributed by atoms with Crippen LogP contribution in [0.4, 0.5) is 0 Å². The molecule has 3 rings (SSSR count). The van der Waals surface area contributed by atoms with Crippen LogP contribution in [0, 0.1) is 5.92 Å². The lowest BCUT2D eigenvalue weighted by Crippen LogP contribution is -2.40. The van der Waals surface area contributed by atoms with E-state index in [0.717, 1.165) is 5.56 Å². The van der Waals surface area contributed by atoms with Gasteiger partial charge in [0.1, 0.15) is 0 Å². The summed E-state index contributed by atoms with van der Waals surface area (Å²) in [6.07, 6.45) is 1.83. The standard InChI is InChI=1S/C22H23NO3/c24-20(17-7-3-1-4-8-17)11-12-21(25)23-15-13-19(14-16-23)22(26)18-9-5-2-6-10-18/h1-10,19H,11-16H2. The van der Waals surface area contributed by atoms with E-state index >= 15 is 0 Å². The Morgan fingerprint density at radius 3 is 1.88 bits per heavy atom. The molecule has 0 spiro atoms. The zero-order valence-corrected chi connectivity index (χ0v) is 14.8. The molecule has 2 aromatic rings. The number of likely N-dealkylation sites (tertiary alicyclic amines) is 1. The minimum absolute atomic E-state index is 0.000101. The average Bonchev–Trinajstić information content (AvgIpc) is 2.72. The fourth-order valence-electron chi connectivity index (χ4n) is 3.38. The first-order valence-electron chi connectivity index (χ1n) is 9.10. The van der Waals surface area contributed by atoms with Gasteiger partial charge in [-0.05, 0) is 12.8 Å². The Kier molecular flexibility index (Phi) is 5.95. The van der Waals surface area contributed by atoms with Crippen molar-refractivity contribution in [2.75, 3.05) is 13.1 Å². The maximum Gasteiger partial charge on any atom is 0.223 e. The molecule has 0 bridgehead atoms. The predicted octanol–water partition coefficient (Wildman–Crippen LogP) is 3.77. The van der Waals surface area contributed by atoms with Crippen molar-refractivity contribution >= 4 is 17.5 Å². The van der Waals surface area contributed by atoms with E-state index in [9.17, 15) is 14.4 Å². The molecular formula is C22H23NO3. The number of nitrogens with zero attached hydrogens (tertiary/aromatic N) is 1. The van der Waals surface area contributed by atoms with Gasteiger partial charge in [0.25, 0.3) is 0 Å². The summed E-state index contributed by atoms with van der Waals surface area (Å²) in [5.41, 5.74) is 1.39. The van der Waals surface area contributed by atoms with Gasteiger partial charge in [-0.3, -0.25) is 14.4 Å². The minimum atomic E-state index is -0.0209. The first kappa shape index (κ1) is 18.1. The highest BCUT2D eigenvalue weighted by Crippen LogP contribution is 2.22. The molecule has 1 amide bonds. The lowest BCUT2D eigenvalue weighted by Gasteiger charge is -2.31. The van der Waals surface area contributed by atoms with Gasteiger partial charge < -0.3 is 4.90 Å². The summed E-state index contributed by atoms with van der Waals surface area (Å²) in [6.45, 7) is 1.17. The van der Waals surface area contributed by atoms with Crippen molar-refractivity contribution < 1.29 is 14.4 Å². The largest absolute Gasteiger partial charge is 0.343 e. The van der Waals surface area contributed by atoms with Crippen LogP contribution in [0.5, 0.6) is 0 Å². The van der Waals surface area contributed by atoms with E-state index in [2.05, 4.69) is 0 Å². The minimum Gasteiger partial charge on any atom is -0.343 e. The number of rotatable bonds is 6. The van der Waals surface area contributed by atoms with Gasteiger partial charge in [-0.25, -0.2) is 0 Å². The molecule has 0 unspecified atom stereocenters. The molecule has 0 atom stereocenters. The molecule has 0 aliphatic carbocycles. The molecule has 0 aromatic heterocycles. The van der Waals surface area contributed by atoms with Crippen LogP contribution in [0.25, 0.3) is 0 Å². The van der Waals surface area contributed by atoms with Gasteiger partial charge in [0.15, 0.2) is 11.6 Å². The molecule has 1 aliphatic rings. The molecule has 1 fully saturated rings. The molecule has 4 heteroatoms. The van der Waals surface area contributed by atoms with E-state index in [1.807, 2.05) is 48.5 Å². The SMILES string of the molecule is O=C(CCC(=O)N1CCC(C(=O)c2ccccc2)CC1)c1ccccc1. The second-order valence-corrected chi connectivity index (χ2v) is 6.67. The van der Waals surface area contributed by atoms with Crippen LogP contribution in [0.15, 0.2) is 60.7 Å². The van der Waals surface area contributed by atoms with Crippen molar-refractivity contribution in [2.24, 2.45) is 5.92 Å². The van der Waals surface area contributed by atoms with Crippen LogP contribution < -0.4 is 0 Å². The fourth-order valence-corrected chi connectivity index (χ4v) is 3.38. The number of amides is 1. The third-order valence-corrected chi connectivity index (χ3v) is 4.94. The summed E-state index contributed by atoms with van der Waals surface area (Å²) in [6, 6.07) is 18.4. The van der Waals surface area contributed by atoms with E-state index < -0.39 is 0 Å². The number of Topliss-reactive ketones (excluding diaryl/α,β-unsaturated/α-hetero) is 2. The highest BCUT2D eigenvalue weighted by atomic mass is 16.2. The molecule has 1 aliphatic heterocycles. The molecule has 2 aromatic carbocycles. The molecule has 4 nitrogen and oxygen atoms in total. The zero-order valence-electron chi connectivity index (χ0n) is 14.8. The summed E-state index contributed by atoms with van der Waals surface area (Å²) >= 11 is 0. The van der Waals surface area contributed by atoms with Crippen LogP contribution in [0.3, 0.4) is 0 Å². The molecule has 134 valence electrons. The number of benzene rings is 2. The third kappa shape index (κ3) is 4.45. The average molecular weight is 349 g/mol. The summed E-state index contributed by atoms with van der Waals surface area (Å²) in [4.78, 5) is 38.8. The Labute approximate surface area is 153 Å². The van der Waals surface area contributed by atoms with E-state index in [1.165, 1.54) is 0 Å². The molecule has 0 N–H and O–H groups in total. The van der Waals surface area contributed by atoms with Gasteiger partial charge >= 0.3 is 0 Å². The lowest BCUT2D eigenvalue weighted by atomic mass is 9.89. The van der Waals surface area contributed by atoms with Crippen molar-refractivity contribution in [3.8, 4) is 0 Å². The quantitative estimate of drug-likeness (QED) is 0.746. The number of piperidine rings is 1. The van der Waals surface area contributed by atoms with Crippen LogP contribution in [0.1, 0.15) is 46.4 Å². The summed E-state index contributed by atoms with van der Waals surface area (Å²) in [5, 5.41) is 0. The Morgan fingerprint density at radius 1 is 0.769 bits per heavy atom. The molecular weight excluding hydrogens is 326 g/mol. The number of carbonyl (C=O) groups excluding carboxylic acids is 3. The van der Waals surface area contributed by atoms with Crippen molar-refractivity contribution in [3.63, 3.8) is 0 Å². The van der Waals surface area contributed by atoms with E-state index in [-0.39, 0.29) is 36.2 Å². The van der Waals surface area contributed by atoms with Crippen LogP contribution >= 0.6 is 0 Å². The predicted molar refractivity (Wildman–Crippen MR) is 100 cm³/mol. The smallest absolute Gasteiger partial charge is 0.223 e. The highest BCUT2D eigenvalue weighted by Gasteiger charge is 2.27. The molecule has 0 saturated carbocycles. The third-order valence-electron chi connectivity index (χ3n) is 4.94. The lowest BCUT2D eigenvalue weighted by molar-refractivity contribution is -0.132. The van der Waals surface area contributed by atoms with Gasteiger partial charge in [-0.2, -0.15) is 0 Å². The van der Waals surface area contributed by atoms with E-state index in [4.69, 9.17) is 0 Å². The fraction of sp³-hybridized carbons (Fsp3) is 0.318. The van der Waals surface area contributed by atoms with Crippen molar-refractivity contribution in [1.82, 2.24) is 4.90 Å². The van der Waals surface area contributed by atoms with Crippen LogP contribution in [-0.2, 0) is 4.79 Å². The van der Waals surface area contributed by atoms with Gasteiger partial charge in [0.05, 0.1) is 0 Å². The Bertz CT molecular complexity index is 762. The second kappa shape index (κ2) is 8.56. The van der Waals surface area contributed by atoms with Gasteiger partial charge in [0.2, 0.25) is 5.91 Å². The van der Waals surface area contributed by atoms with Crippen molar-refractivity contribution in [1.29, 1.82) is 0 Å². The summed E-state index contributed by atoms with van der Waals surface area (Å²) in [5.74, 6) is 0.136. The normalized spacial score (nSPS) is 14.8. The van der Waals surface area contributed by atoms with E-state index in [0.29, 0.717) is 31.5 Å². The molecule has 1 heterocycles. The molecule has 0 radical (unpaired) electrons. The second-order valence-electron chi connectivity index (χ2n) is 6.67. The van der Waals surface area contributed by atoms with Crippen molar-refractivity contribution in [2.45, 2.75) is 25.7 Å².